The first kappa shape index (κ1) is 46.6. The summed E-state index contributed by atoms with van der Waals surface area (Å²) in [4.78, 5) is 74.9. The summed E-state index contributed by atoms with van der Waals surface area (Å²) in [7, 11) is 1.23. The van der Waals surface area contributed by atoms with E-state index in [1.807, 2.05) is 0 Å². The monoisotopic (exact) mass is 856 g/mol. The van der Waals surface area contributed by atoms with E-state index in [9.17, 15) is 29.1 Å². The molecule has 3 saturated carbocycles. The minimum Gasteiger partial charge on any atom is -0.493 e. The average Bonchev–Trinajstić information content (AvgIpc) is 3.40. The van der Waals surface area contributed by atoms with Crippen molar-refractivity contribution in [1.82, 2.24) is 10.8 Å². The lowest BCUT2D eigenvalue weighted by Crippen LogP contribution is -2.71. The number of methoxy groups -OCH3 is 1. The fraction of sp³-hybridized carbons (Fsp3) is 0.615. The Hall–Kier alpha value is -4.45. The van der Waals surface area contributed by atoms with Crippen molar-refractivity contribution in [2.45, 2.75) is 89.3 Å². The standard InChI is InChI=1S/C39H50F2N2O17/c1-22-16-25-26-19-28(40)27-18-24(44)11-12-36(27,2)38(26,41)31(45)20-37(25,3)39(22,60-33(47)8-7-15-58-43(52)53)32(46)21-56-35(49)59-29-10-9-23(17-30(29)54-4)34(48)55-13-5-6-14-57-42(50)51/h9-12,17-18,22,25-26,28,31,45,50-53H,5-8,13-16,19-21H2,1-4H3/t22-,25?,26?,28+,31+,36+,37+,38?,39+/m1/s1. The zero-order valence-corrected chi connectivity index (χ0v) is 33.4. The SMILES string of the molecule is COc1cc(C(=O)OCCCCON(O)O)ccc1OC(=O)OCC(=O)[C@@]1(OC(=O)CCCON(O)O)[C@H](C)CC2C3C[C@H](F)C4=CC(=O)C=C[C@]4(C)C3(F)[C@@H](O)C[C@@]21C. The Bertz CT molecular complexity index is 1860. The third kappa shape index (κ3) is 8.81. The molecule has 1 aromatic carbocycles. The summed E-state index contributed by atoms with van der Waals surface area (Å²) in [6.07, 6.45) is -2.30. The molecule has 0 radical (unpaired) electrons. The van der Waals surface area contributed by atoms with Crippen molar-refractivity contribution in [2.75, 3.05) is 33.5 Å². The van der Waals surface area contributed by atoms with Gasteiger partial charge in [-0.15, -0.1) is 0 Å². The van der Waals surface area contributed by atoms with Gasteiger partial charge in [0.25, 0.3) is 0 Å². The third-order valence-corrected chi connectivity index (χ3v) is 12.5. The molecule has 3 unspecified atom stereocenters. The molecule has 4 aliphatic carbocycles. The maximum atomic E-state index is 17.9. The number of esters is 2. The van der Waals surface area contributed by atoms with Crippen molar-refractivity contribution < 1.29 is 92.0 Å². The highest BCUT2D eigenvalue weighted by molar-refractivity contribution is 6.01. The highest BCUT2D eigenvalue weighted by atomic mass is 19.1. The van der Waals surface area contributed by atoms with Gasteiger partial charge in [-0.1, -0.05) is 19.9 Å². The Morgan fingerprint density at radius 3 is 2.25 bits per heavy atom. The number of unbranched alkanes of at least 4 members (excludes halogenated alkanes) is 1. The summed E-state index contributed by atoms with van der Waals surface area (Å²) < 4.78 is 60.9. The molecule has 19 nitrogen and oxygen atoms in total. The normalized spacial score (nSPS) is 31.8. The average molecular weight is 857 g/mol. The van der Waals surface area contributed by atoms with Crippen LogP contribution in [0.5, 0.6) is 11.5 Å². The number of nitrogens with zero attached hydrogens (tertiary/aromatic N) is 2. The van der Waals surface area contributed by atoms with Gasteiger partial charge in [0.15, 0.2) is 35.2 Å². The zero-order valence-electron chi connectivity index (χ0n) is 33.4. The Labute approximate surface area is 342 Å². The Kier molecular flexibility index (Phi) is 14.5. The molecule has 5 N–H and O–H groups in total. The lowest BCUT2D eigenvalue weighted by atomic mass is 9.44. The number of ketones is 2. The van der Waals surface area contributed by atoms with Gasteiger partial charge in [-0.3, -0.25) is 44.9 Å². The van der Waals surface area contributed by atoms with E-state index in [1.165, 1.54) is 38.3 Å². The van der Waals surface area contributed by atoms with Crippen molar-refractivity contribution in [1.29, 1.82) is 0 Å². The summed E-state index contributed by atoms with van der Waals surface area (Å²) in [5, 5.41) is 45.7. The summed E-state index contributed by atoms with van der Waals surface area (Å²) >= 11 is 0. The number of aliphatic hydroxyl groups is 1. The van der Waals surface area contributed by atoms with E-state index in [0.717, 1.165) is 12.2 Å². The van der Waals surface area contributed by atoms with Crippen LogP contribution in [-0.4, -0.2) is 123 Å². The summed E-state index contributed by atoms with van der Waals surface area (Å²) in [6, 6.07) is 3.70. The lowest BCUT2D eigenvalue weighted by molar-refractivity contribution is -0.492. The van der Waals surface area contributed by atoms with E-state index in [-0.39, 0.29) is 55.3 Å². The van der Waals surface area contributed by atoms with Crippen molar-refractivity contribution in [2.24, 2.45) is 28.6 Å². The topological polar surface area (TPSA) is 258 Å². The fourth-order valence-corrected chi connectivity index (χ4v) is 9.81. The second-order valence-corrected chi connectivity index (χ2v) is 15.8. The van der Waals surface area contributed by atoms with Gasteiger partial charge in [0.05, 0.1) is 49.4 Å². The molecular formula is C39H50F2N2O17. The Morgan fingerprint density at radius 1 is 0.917 bits per heavy atom. The Morgan fingerprint density at radius 2 is 1.58 bits per heavy atom. The number of rotatable bonds is 18. The quantitative estimate of drug-likeness (QED) is 0.0452. The van der Waals surface area contributed by atoms with Crippen molar-refractivity contribution >= 4 is 29.7 Å². The van der Waals surface area contributed by atoms with E-state index < -0.39 is 118 Å². The third-order valence-electron chi connectivity index (χ3n) is 12.5. The molecule has 0 aliphatic heterocycles. The van der Waals surface area contributed by atoms with Gasteiger partial charge in [-0.2, -0.15) is 0 Å². The van der Waals surface area contributed by atoms with E-state index >= 15 is 8.78 Å². The van der Waals surface area contributed by atoms with Crippen LogP contribution in [0.1, 0.15) is 76.1 Å². The molecule has 0 bridgehead atoms. The maximum absolute atomic E-state index is 17.9. The second-order valence-electron chi connectivity index (χ2n) is 15.8. The Balaban J connectivity index is 1.35. The summed E-state index contributed by atoms with van der Waals surface area (Å²) in [6.45, 7) is 3.08. The first-order chi connectivity index (χ1) is 28.2. The van der Waals surface area contributed by atoms with Gasteiger partial charge >= 0.3 is 18.1 Å². The lowest BCUT2D eigenvalue weighted by Gasteiger charge is -2.63. The summed E-state index contributed by atoms with van der Waals surface area (Å²) in [5.74, 6) is -6.50. The maximum Gasteiger partial charge on any atom is 0.514 e. The molecule has 3 fully saturated rings. The van der Waals surface area contributed by atoms with Gasteiger partial charge in [0.2, 0.25) is 5.78 Å². The number of benzene rings is 1. The van der Waals surface area contributed by atoms with Crippen LogP contribution in [0.3, 0.4) is 0 Å². The number of ether oxygens (including phenoxy) is 5. The van der Waals surface area contributed by atoms with E-state index in [0.29, 0.717) is 12.8 Å². The smallest absolute Gasteiger partial charge is 0.493 e. The largest absolute Gasteiger partial charge is 0.514 e. The van der Waals surface area contributed by atoms with Crippen molar-refractivity contribution in [3.63, 3.8) is 0 Å². The van der Waals surface area contributed by atoms with Crippen LogP contribution in [-0.2, 0) is 38.3 Å². The number of hydrogen-bond donors (Lipinski definition) is 5. The number of carbonyl (C=O) groups excluding carboxylic acids is 5. The van der Waals surface area contributed by atoms with E-state index in [4.69, 9.17) is 44.5 Å². The number of halogens is 2. The molecule has 332 valence electrons. The van der Waals surface area contributed by atoms with Crippen molar-refractivity contribution in [3.05, 3.63) is 47.6 Å². The van der Waals surface area contributed by atoms with Crippen molar-refractivity contribution in [3.8, 4) is 11.5 Å². The van der Waals surface area contributed by atoms with Gasteiger partial charge in [-0.05, 0) is 87.3 Å². The molecule has 0 saturated heterocycles. The van der Waals surface area contributed by atoms with Gasteiger partial charge in [-0.25, -0.2) is 18.4 Å². The number of aliphatic hydroxyl groups excluding tert-OH is 1. The molecule has 5 rings (SSSR count). The van der Waals surface area contributed by atoms with Crippen LogP contribution in [0.15, 0.2) is 42.0 Å². The van der Waals surface area contributed by atoms with E-state index in [2.05, 4.69) is 9.68 Å². The van der Waals surface area contributed by atoms with Crippen LogP contribution in [0.25, 0.3) is 0 Å². The van der Waals surface area contributed by atoms with Crippen LogP contribution in [0.4, 0.5) is 13.6 Å². The predicted octanol–water partition coefficient (Wildman–Crippen LogP) is 4.37. The van der Waals surface area contributed by atoms with Gasteiger partial charge in [0, 0.05) is 29.1 Å². The van der Waals surface area contributed by atoms with Gasteiger partial charge < -0.3 is 28.8 Å². The molecule has 0 amide bonds. The fourth-order valence-electron chi connectivity index (χ4n) is 9.81. The molecule has 21 heteroatoms. The predicted molar refractivity (Wildman–Crippen MR) is 193 cm³/mol. The van der Waals surface area contributed by atoms with Crippen LogP contribution < -0.4 is 9.47 Å². The second kappa shape index (κ2) is 18.7. The minimum atomic E-state index is -2.50. The molecule has 9 atom stereocenters. The molecular weight excluding hydrogens is 806 g/mol. The van der Waals surface area contributed by atoms with E-state index in [1.54, 1.807) is 13.8 Å². The van der Waals surface area contributed by atoms with Crippen LogP contribution in [0, 0.1) is 28.6 Å². The highest BCUT2D eigenvalue weighted by Gasteiger charge is 2.78. The summed E-state index contributed by atoms with van der Waals surface area (Å²) in [5.41, 5.74) is -8.05. The molecule has 4 aliphatic rings. The molecule has 0 aromatic heterocycles. The number of hydrogen-bond acceptors (Lipinski definition) is 19. The highest BCUT2D eigenvalue weighted by Crippen LogP contribution is 2.71. The zero-order chi connectivity index (χ0) is 44.2. The first-order valence-corrected chi connectivity index (χ1v) is 19.3. The number of fused-ring (bicyclic) bond motifs is 5. The van der Waals surface area contributed by atoms with Crippen LogP contribution in [0.2, 0.25) is 0 Å². The molecule has 0 heterocycles. The first-order valence-electron chi connectivity index (χ1n) is 19.3. The molecule has 0 spiro atoms. The minimum absolute atomic E-state index is 0.0209. The number of allylic oxidation sites excluding steroid dienone is 4. The van der Waals surface area contributed by atoms with Gasteiger partial charge in [0.1, 0.15) is 6.17 Å². The molecule has 60 heavy (non-hydrogen) atoms. The number of alkyl halides is 2. The number of carbonyl (C=O) groups is 5. The van der Waals surface area contributed by atoms with Crippen LogP contribution >= 0.6 is 0 Å². The number of Topliss-reactive ketones (excluding diaryl/α,β-unsaturated/α-hetero) is 1. The molecule has 1 aromatic rings.